The molecule has 2 rings (SSSR count). The second-order valence-corrected chi connectivity index (χ2v) is 2.84. The number of hydrogen-bond donors (Lipinski definition) is 0. The Labute approximate surface area is 99.5 Å². The minimum Gasteiger partial charge on any atom is -0.256 e. The Kier molecular flexibility index (Phi) is 8.14. The largest absolute Gasteiger partial charge is 0.256 e. The van der Waals surface area contributed by atoms with Gasteiger partial charge in [-0.3, -0.25) is 4.98 Å². The van der Waals surface area contributed by atoms with Crippen molar-refractivity contribution in [2.24, 2.45) is 0 Å². The van der Waals surface area contributed by atoms with Crippen molar-refractivity contribution in [2.45, 2.75) is 41.0 Å². The zero-order chi connectivity index (χ0) is 12.4. The fourth-order valence-corrected chi connectivity index (χ4v) is 1.48. The molecule has 0 fully saturated rings. The van der Waals surface area contributed by atoms with Crippen LogP contribution in [0.3, 0.4) is 0 Å². The number of rotatable bonds is 1. The van der Waals surface area contributed by atoms with Crippen molar-refractivity contribution in [2.75, 3.05) is 0 Å². The molecule has 0 radical (unpaired) electrons. The quantitative estimate of drug-likeness (QED) is 0.665. The Morgan fingerprint density at radius 3 is 2.25 bits per heavy atom. The Morgan fingerprint density at radius 2 is 1.62 bits per heavy atom. The molecular weight excluding hydrogens is 194 g/mol. The molecule has 16 heavy (non-hydrogen) atoms. The molecule has 0 aliphatic rings. The fraction of sp³-hybridized carbons (Fsp3) is 0.400. The Hall–Kier alpha value is -1.37. The molecule has 1 aromatic heterocycles. The number of aryl methyl sites for hydroxylation is 1. The van der Waals surface area contributed by atoms with Crippen LogP contribution in [-0.2, 0) is 6.42 Å². The first kappa shape index (κ1) is 14.6. The number of aromatic nitrogens is 1. The van der Waals surface area contributed by atoms with Crippen molar-refractivity contribution in [1.29, 1.82) is 0 Å². The van der Waals surface area contributed by atoms with E-state index < -0.39 is 0 Å². The van der Waals surface area contributed by atoms with Gasteiger partial charge in [0.15, 0.2) is 0 Å². The third-order valence-corrected chi connectivity index (χ3v) is 2.12. The van der Waals surface area contributed by atoms with Gasteiger partial charge < -0.3 is 0 Å². The van der Waals surface area contributed by atoms with E-state index in [2.05, 4.69) is 36.2 Å². The normalized spacial score (nSPS) is 8.56. The Bertz CT molecular complexity index is 388. The molecule has 0 amide bonds. The molecular formula is C15H23N. The van der Waals surface area contributed by atoms with Gasteiger partial charge in [-0.1, -0.05) is 52.8 Å². The van der Waals surface area contributed by atoms with E-state index in [1.807, 2.05) is 40.0 Å². The molecule has 1 aromatic carbocycles. The standard InChI is InChI=1S/C11H11N.2C2H6/c1-2-9-5-3-7-11-10(9)6-4-8-12-11;2*1-2/h3-8H,2H2,1H3;2*1-2H3. The predicted molar refractivity (Wildman–Crippen MR) is 73.8 cm³/mol. The van der Waals surface area contributed by atoms with Crippen LogP contribution in [0, 0.1) is 0 Å². The van der Waals surface area contributed by atoms with E-state index in [1.165, 1.54) is 10.9 Å². The van der Waals surface area contributed by atoms with Crippen LogP contribution >= 0.6 is 0 Å². The van der Waals surface area contributed by atoms with Crippen LogP contribution in [-0.4, -0.2) is 4.98 Å². The topological polar surface area (TPSA) is 12.9 Å². The van der Waals surface area contributed by atoms with E-state index in [4.69, 9.17) is 0 Å². The second-order valence-electron chi connectivity index (χ2n) is 2.84. The molecule has 1 heterocycles. The van der Waals surface area contributed by atoms with Gasteiger partial charge in [-0.25, -0.2) is 0 Å². The first-order valence-corrected chi connectivity index (χ1v) is 6.24. The van der Waals surface area contributed by atoms with Crippen LogP contribution in [0.15, 0.2) is 36.5 Å². The van der Waals surface area contributed by atoms with Gasteiger partial charge in [0.25, 0.3) is 0 Å². The summed E-state index contributed by atoms with van der Waals surface area (Å²) in [5.74, 6) is 0. The minimum atomic E-state index is 1.07. The van der Waals surface area contributed by atoms with Gasteiger partial charge in [-0.2, -0.15) is 0 Å². The van der Waals surface area contributed by atoms with Gasteiger partial charge in [0.2, 0.25) is 0 Å². The van der Waals surface area contributed by atoms with Gasteiger partial charge in [0, 0.05) is 11.6 Å². The van der Waals surface area contributed by atoms with Crippen LogP contribution in [0.25, 0.3) is 10.9 Å². The molecule has 0 aliphatic carbocycles. The zero-order valence-corrected chi connectivity index (χ0v) is 11.1. The van der Waals surface area contributed by atoms with Gasteiger partial charge in [0.1, 0.15) is 0 Å². The zero-order valence-electron chi connectivity index (χ0n) is 11.1. The molecule has 0 N–H and O–H groups in total. The highest BCUT2D eigenvalue weighted by Gasteiger charge is 1.96. The lowest BCUT2D eigenvalue weighted by Crippen LogP contribution is -1.84. The summed E-state index contributed by atoms with van der Waals surface area (Å²) in [4.78, 5) is 4.29. The lowest BCUT2D eigenvalue weighted by atomic mass is 10.1. The summed E-state index contributed by atoms with van der Waals surface area (Å²) < 4.78 is 0. The first-order chi connectivity index (χ1) is 7.92. The van der Waals surface area contributed by atoms with Crippen molar-refractivity contribution < 1.29 is 0 Å². The highest BCUT2D eigenvalue weighted by molar-refractivity contribution is 5.81. The highest BCUT2D eigenvalue weighted by atomic mass is 14.6. The summed E-state index contributed by atoms with van der Waals surface area (Å²) in [6.07, 6.45) is 2.91. The Morgan fingerprint density at radius 1 is 0.938 bits per heavy atom. The SMILES string of the molecule is CC.CC.CCc1cccc2ncccc12. The van der Waals surface area contributed by atoms with Crippen LogP contribution in [0.5, 0.6) is 0 Å². The molecule has 0 unspecified atom stereocenters. The summed E-state index contributed by atoms with van der Waals surface area (Å²) in [5.41, 5.74) is 2.47. The molecule has 0 aliphatic heterocycles. The van der Waals surface area contributed by atoms with Crippen LogP contribution in [0.1, 0.15) is 40.2 Å². The molecule has 88 valence electrons. The van der Waals surface area contributed by atoms with E-state index in [9.17, 15) is 0 Å². The maximum absolute atomic E-state index is 4.29. The Balaban J connectivity index is 0.000000509. The fourth-order valence-electron chi connectivity index (χ4n) is 1.48. The van der Waals surface area contributed by atoms with Crippen molar-refractivity contribution in [3.05, 3.63) is 42.1 Å². The van der Waals surface area contributed by atoms with E-state index >= 15 is 0 Å². The van der Waals surface area contributed by atoms with Crippen LogP contribution < -0.4 is 0 Å². The van der Waals surface area contributed by atoms with Gasteiger partial charge >= 0.3 is 0 Å². The monoisotopic (exact) mass is 217 g/mol. The summed E-state index contributed by atoms with van der Waals surface area (Å²) in [7, 11) is 0. The maximum atomic E-state index is 4.29. The number of benzene rings is 1. The predicted octanol–water partition coefficient (Wildman–Crippen LogP) is 4.85. The number of hydrogen-bond acceptors (Lipinski definition) is 1. The third kappa shape index (κ3) is 3.65. The molecule has 1 nitrogen and oxygen atoms in total. The van der Waals surface area contributed by atoms with Crippen molar-refractivity contribution >= 4 is 10.9 Å². The van der Waals surface area contributed by atoms with E-state index in [-0.39, 0.29) is 0 Å². The van der Waals surface area contributed by atoms with E-state index in [1.54, 1.807) is 0 Å². The first-order valence-electron chi connectivity index (χ1n) is 6.24. The van der Waals surface area contributed by atoms with Crippen molar-refractivity contribution in [3.8, 4) is 0 Å². The van der Waals surface area contributed by atoms with Gasteiger partial charge in [-0.15, -0.1) is 0 Å². The molecule has 0 bridgehead atoms. The molecule has 0 atom stereocenters. The molecule has 0 saturated heterocycles. The number of nitrogens with zero attached hydrogens (tertiary/aromatic N) is 1. The summed E-state index contributed by atoms with van der Waals surface area (Å²) in [5, 5.41) is 1.28. The van der Waals surface area contributed by atoms with Crippen LogP contribution in [0.2, 0.25) is 0 Å². The van der Waals surface area contributed by atoms with Gasteiger partial charge in [0.05, 0.1) is 5.52 Å². The lowest BCUT2D eigenvalue weighted by molar-refractivity contribution is 1.16. The molecule has 0 spiro atoms. The van der Waals surface area contributed by atoms with Gasteiger partial charge in [-0.05, 0) is 24.1 Å². The number of fused-ring (bicyclic) bond motifs is 1. The maximum Gasteiger partial charge on any atom is 0.0704 e. The lowest BCUT2D eigenvalue weighted by Gasteiger charge is -2.01. The minimum absolute atomic E-state index is 1.07. The molecule has 2 aromatic rings. The summed E-state index contributed by atoms with van der Waals surface area (Å²) >= 11 is 0. The average molecular weight is 217 g/mol. The van der Waals surface area contributed by atoms with Crippen molar-refractivity contribution in [1.82, 2.24) is 4.98 Å². The van der Waals surface area contributed by atoms with Crippen molar-refractivity contribution in [3.63, 3.8) is 0 Å². The van der Waals surface area contributed by atoms with E-state index in [0.717, 1.165) is 11.9 Å². The third-order valence-electron chi connectivity index (χ3n) is 2.12. The number of pyridine rings is 1. The summed E-state index contributed by atoms with van der Waals surface area (Å²) in [6, 6.07) is 10.4. The average Bonchev–Trinajstić information content (AvgIpc) is 2.42. The van der Waals surface area contributed by atoms with Crippen LogP contribution in [0.4, 0.5) is 0 Å². The second kappa shape index (κ2) is 8.90. The summed E-state index contributed by atoms with van der Waals surface area (Å²) in [6.45, 7) is 10.2. The molecule has 1 heteroatoms. The molecule has 0 saturated carbocycles. The smallest absolute Gasteiger partial charge is 0.0704 e. The van der Waals surface area contributed by atoms with E-state index in [0.29, 0.717) is 0 Å². The highest BCUT2D eigenvalue weighted by Crippen LogP contribution is 2.16.